The average Bonchev–Trinajstić information content (AvgIpc) is 2.48. The van der Waals surface area contributed by atoms with Gasteiger partial charge >= 0.3 is 0 Å². The predicted octanol–water partition coefficient (Wildman–Crippen LogP) is 3.31. The first-order valence-electron chi connectivity index (χ1n) is 4.92. The van der Waals surface area contributed by atoms with E-state index in [1.54, 1.807) is 6.20 Å². The van der Waals surface area contributed by atoms with Crippen molar-refractivity contribution in [2.24, 2.45) is 0 Å². The molecular weight excluding hydrogens is 184 g/mol. The quantitative estimate of drug-likeness (QED) is 0.594. The molecule has 1 aliphatic heterocycles. The number of aromatic nitrogens is 1. The molecule has 0 bridgehead atoms. The molecule has 0 aliphatic carbocycles. The Balaban J connectivity index is 2.19. The maximum atomic E-state index is 4.11. The Morgan fingerprint density at radius 3 is 2.67 bits per heavy atom. The van der Waals surface area contributed by atoms with Crippen molar-refractivity contribution in [2.45, 2.75) is 0 Å². The number of benzene rings is 1. The lowest BCUT2D eigenvalue weighted by molar-refractivity contribution is 1.31. The number of para-hydroxylation sites is 1. The highest BCUT2D eigenvalue weighted by Gasteiger charge is 2.06. The van der Waals surface area contributed by atoms with E-state index < -0.39 is 0 Å². The Kier molecular flexibility index (Phi) is 1.78. The van der Waals surface area contributed by atoms with Crippen LogP contribution >= 0.6 is 0 Å². The van der Waals surface area contributed by atoms with Gasteiger partial charge in [-0.15, -0.1) is 0 Å². The van der Waals surface area contributed by atoms with Gasteiger partial charge in [-0.1, -0.05) is 30.4 Å². The van der Waals surface area contributed by atoms with Crippen molar-refractivity contribution in [3.8, 4) is 0 Å². The van der Waals surface area contributed by atoms with Crippen molar-refractivity contribution in [1.29, 1.82) is 0 Å². The third kappa shape index (κ3) is 1.40. The molecule has 2 heterocycles. The summed E-state index contributed by atoms with van der Waals surface area (Å²) >= 11 is 0. The summed E-state index contributed by atoms with van der Waals surface area (Å²) in [7, 11) is 0. The Bertz CT molecular complexity index is 482. The van der Waals surface area contributed by atoms with Crippen molar-refractivity contribution >= 4 is 23.5 Å². The van der Waals surface area contributed by atoms with E-state index in [1.807, 2.05) is 24.4 Å². The molecular formula is C13H10N2. The molecule has 1 aromatic heterocycles. The van der Waals surface area contributed by atoms with Crippen LogP contribution in [0, 0.1) is 0 Å². The standard InChI is InChI=1S/C13H10N2/c1-2-4-12-10(3-1)5-6-11-9-14-8-7-13(11)15-12/h1-9,15H. The third-order valence-electron chi connectivity index (χ3n) is 2.52. The zero-order valence-corrected chi connectivity index (χ0v) is 8.14. The Hall–Kier alpha value is -2.09. The molecule has 0 radical (unpaired) electrons. The lowest BCUT2D eigenvalue weighted by atomic mass is 10.1. The second-order valence-corrected chi connectivity index (χ2v) is 3.51. The van der Waals surface area contributed by atoms with Gasteiger partial charge < -0.3 is 5.32 Å². The number of nitrogens with zero attached hydrogens (tertiary/aromatic N) is 1. The molecule has 1 aliphatic rings. The fourth-order valence-electron chi connectivity index (χ4n) is 1.73. The van der Waals surface area contributed by atoms with Crippen LogP contribution in [0.4, 0.5) is 11.4 Å². The second-order valence-electron chi connectivity index (χ2n) is 3.51. The zero-order valence-electron chi connectivity index (χ0n) is 8.14. The second kappa shape index (κ2) is 3.24. The van der Waals surface area contributed by atoms with Gasteiger partial charge in [0.25, 0.3) is 0 Å². The SMILES string of the molecule is C1=Cc2cnccc2Nc2ccccc21. The van der Waals surface area contributed by atoms with Crippen LogP contribution in [-0.2, 0) is 0 Å². The van der Waals surface area contributed by atoms with Crippen molar-refractivity contribution in [1.82, 2.24) is 4.98 Å². The normalized spacial score (nSPS) is 12.3. The first-order chi connectivity index (χ1) is 7.43. The van der Waals surface area contributed by atoms with Crippen LogP contribution in [-0.4, -0.2) is 4.98 Å². The third-order valence-corrected chi connectivity index (χ3v) is 2.52. The summed E-state index contributed by atoms with van der Waals surface area (Å²) in [5, 5.41) is 3.40. The van der Waals surface area contributed by atoms with Crippen molar-refractivity contribution in [3.63, 3.8) is 0 Å². The minimum atomic E-state index is 1.10. The minimum absolute atomic E-state index is 1.10. The summed E-state index contributed by atoms with van der Waals surface area (Å²) in [6.45, 7) is 0. The summed E-state index contributed by atoms with van der Waals surface area (Å²) in [5.41, 5.74) is 4.56. The molecule has 0 amide bonds. The van der Waals surface area contributed by atoms with Gasteiger partial charge in [0.15, 0.2) is 0 Å². The molecule has 0 saturated heterocycles. The molecule has 15 heavy (non-hydrogen) atoms. The molecule has 3 rings (SSSR count). The topological polar surface area (TPSA) is 24.9 Å². The number of anilines is 2. The van der Waals surface area contributed by atoms with Crippen LogP contribution < -0.4 is 5.32 Å². The highest BCUT2D eigenvalue weighted by molar-refractivity contribution is 5.86. The summed E-state index contributed by atoms with van der Waals surface area (Å²) in [4.78, 5) is 4.11. The van der Waals surface area contributed by atoms with Gasteiger partial charge in [0.05, 0.1) is 0 Å². The fraction of sp³-hybridized carbons (Fsp3) is 0. The van der Waals surface area contributed by atoms with Crippen LogP contribution in [0.2, 0.25) is 0 Å². The number of nitrogens with one attached hydrogen (secondary N) is 1. The number of fused-ring (bicyclic) bond motifs is 2. The number of hydrogen-bond acceptors (Lipinski definition) is 2. The van der Waals surface area contributed by atoms with Gasteiger partial charge in [0, 0.05) is 29.3 Å². The van der Waals surface area contributed by atoms with Crippen LogP contribution in [0.5, 0.6) is 0 Å². The van der Waals surface area contributed by atoms with Gasteiger partial charge in [-0.25, -0.2) is 0 Å². The van der Waals surface area contributed by atoms with Crippen molar-refractivity contribution in [3.05, 3.63) is 53.9 Å². The molecule has 2 heteroatoms. The molecule has 0 unspecified atom stereocenters. The van der Waals surface area contributed by atoms with Gasteiger partial charge in [-0.2, -0.15) is 0 Å². The van der Waals surface area contributed by atoms with Crippen LogP contribution in [0.25, 0.3) is 12.2 Å². The van der Waals surface area contributed by atoms with Gasteiger partial charge in [0.1, 0.15) is 0 Å². The molecule has 2 nitrogen and oxygen atoms in total. The molecule has 1 N–H and O–H groups in total. The Morgan fingerprint density at radius 2 is 1.67 bits per heavy atom. The predicted molar refractivity (Wildman–Crippen MR) is 62.9 cm³/mol. The largest absolute Gasteiger partial charge is 0.354 e. The summed E-state index contributed by atoms with van der Waals surface area (Å²) in [6, 6.07) is 10.2. The van der Waals surface area contributed by atoms with Crippen LogP contribution in [0.15, 0.2) is 42.7 Å². The molecule has 72 valence electrons. The van der Waals surface area contributed by atoms with E-state index in [2.05, 4.69) is 34.6 Å². The smallest absolute Gasteiger partial charge is 0.0489 e. The monoisotopic (exact) mass is 194 g/mol. The molecule has 0 fully saturated rings. The zero-order chi connectivity index (χ0) is 10.1. The molecule has 0 spiro atoms. The van der Waals surface area contributed by atoms with Crippen molar-refractivity contribution < 1.29 is 0 Å². The first kappa shape index (κ1) is 8.24. The highest BCUT2D eigenvalue weighted by atomic mass is 14.9. The van der Waals surface area contributed by atoms with Crippen molar-refractivity contribution in [2.75, 3.05) is 5.32 Å². The van der Waals surface area contributed by atoms with Gasteiger partial charge in [-0.05, 0) is 17.7 Å². The van der Waals surface area contributed by atoms with E-state index in [-0.39, 0.29) is 0 Å². The highest BCUT2D eigenvalue weighted by Crippen LogP contribution is 2.28. The molecule has 1 aromatic carbocycles. The maximum absolute atomic E-state index is 4.11. The Morgan fingerprint density at radius 1 is 0.867 bits per heavy atom. The molecule has 0 atom stereocenters. The molecule has 2 aromatic rings. The average molecular weight is 194 g/mol. The van der Waals surface area contributed by atoms with E-state index in [1.165, 1.54) is 5.56 Å². The van der Waals surface area contributed by atoms with Crippen LogP contribution in [0.3, 0.4) is 0 Å². The van der Waals surface area contributed by atoms with E-state index in [0.29, 0.717) is 0 Å². The Labute approximate surface area is 88.3 Å². The van der Waals surface area contributed by atoms with E-state index in [9.17, 15) is 0 Å². The number of pyridine rings is 1. The lowest BCUT2D eigenvalue weighted by Gasteiger charge is -2.08. The number of hydrogen-bond donors (Lipinski definition) is 1. The van der Waals surface area contributed by atoms with E-state index in [4.69, 9.17) is 0 Å². The summed E-state index contributed by atoms with van der Waals surface area (Å²) in [6.07, 6.45) is 7.86. The summed E-state index contributed by atoms with van der Waals surface area (Å²) < 4.78 is 0. The molecule has 0 saturated carbocycles. The van der Waals surface area contributed by atoms with E-state index >= 15 is 0 Å². The van der Waals surface area contributed by atoms with Gasteiger partial charge in [0.2, 0.25) is 0 Å². The van der Waals surface area contributed by atoms with Crippen LogP contribution in [0.1, 0.15) is 11.1 Å². The minimum Gasteiger partial charge on any atom is -0.354 e. The lowest BCUT2D eigenvalue weighted by Crippen LogP contribution is -1.92. The fourth-order valence-corrected chi connectivity index (χ4v) is 1.73. The van der Waals surface area contributed by atoms with E-state index in [0.717, 1.165) is 16.9 Å². The maximum Gasteiger partial charge on any atom is 0.0489 e. The number of rotatable bonds is 0. The first-order valence-corrected chi connectivity index (χ1v) is 4.92. The summed E-state index contributed by atoms with van der Waals surface area (Å²) in [5.74, 6) is 0. The van der Waals surface area contributed by atoms with Gasteiger partial charge in [-0.3, -0.25) is 4.98 Å².